The van der Waals surface area contributed by atoms with Crippen molar-refractivity contribution in [1.29, 1.82) is 0 Å². The number of rotatable bonds is 8. The van der Waals surface area contributed by atoms with E-state index < -0.39 is 5.97 Å². The van der Waals surface area contributed by atoms with E-state index in [0.29, 0.717) is 13.1 Å². The molecule has 0 bridgehead atoms. The van der Waals surface area contributed by atoms with Gasteiger partial charge in [-0.1, -0.05) is 20.3 Å². The summed E-state index contributed by atoms with van der Waals surface area (Å²) in [7, 11) is 0. The molecule has 1 aromatic rings. The van der Waals surface area contributed by atoms with Crippen LogP contribution in [0.3, 0.4) is 0 Å². The number of carbonyl (C=O) groups is 2. The van der Waals surface area contributed by atoms with Crippen LogP contribution in [0.15, 0.2) is 12.5 Å². The largest absolute Gasteiger partial charge is 0.476 e. The topological polar surface area (TPSA) is 96.3 Å². The second-order valence-corrected chi connectivity index (χ2v) is 4.60. The van der Waals surface area contributed by atoms with Crippen molar-refractivity contribution in [2.75, 3.05) is 6.54 Å². The minimum Gasteiger partial charge on any atom is -0.476 e. The van der Waals surface area contributed by atoms with Crippen LogP contribution in [0.2, 0.25) is 0 Å². The summed E-state index contributed by atoms with van der Waals surface area (Å²) in [6.07, 6.45) is 5.78. The Morgan fingerprint density at radius 1 is 1.45 bits per heavy atom. The van der Waals surface area contributed by atoms with E-state index in [1.165, 1.54) is 12.5 Å². The first kappa shape index (κ1) is 16.0. The fourth-order valence-electron chi connectivity index (χ4n) is 1.85. The van der Waals surface area contributed by atoms with Gasteiger partial charge in [0.25, 0.3) is 0 Å². The van der Waals surface area contributed by atoms with E-state index in [1.54, 1.807) is 4.57 Å². The van der Waals surface area contributed by atoms with E-state index >= 15 is 0 Å². The second kappa shape index (κ2) is 8.19. The first-order chi connectivity index (χ1) is 9.56. The van der Waals surface area contributed by atoms with Gasteiger partial charge in [-0.05, 0) is 12.8 Å². The highest BCUT2D eigenvalue weighted by molar-refractivity contribution is 5.84. The van der Waals surface area contributed by atoms with Crippen molar-refractivity contribution >= 4 is 12.0 Å². The van der Waals surface area contributed by atoms with Gasteiger partial charge in [-0.3, -0.25) is 0 Å². The van der Waals surface area contributed by atoms with Crippen LogP contribution in [-0.2, 0) is 6.54 Å². The predicted molar refractivity (Wildman–Crippen MR) is 74.7 cm³/mol. The molecule has 112 valence electrons. The lowest BCUT2D eigenvalue weighted by atomic mass is 10.1. The van der Waals surface area contributed by atoms with Crippen LogP contribution in [0.25, 0.3) is 0 Å². The number of carboxylic acid groups (broad SMARTS) is 1. The molecule has 0 fully saturated rings. The van der Waals surface area contributed by atoms with Crippen molar-refractivity contribution in [2.24, 2.45) is 0 Å². The van der Waals surface area contributed by atoms with Gasteiger partial charge in [0.1, 0.15) is 0 Å². The third kappa shape index (κ3) is 5.29. The number of carboxylic acids is 1. The van der Waals surface area contributed by atoms with Gasteiger partial charge in [-0.15, -0.1) is 0 Å². The Bertz CT molecular complexity index is 445. The summed E-state index contributed by atoms with van der Waals surface area (Å²) in [5, 5.41) is 14.4. The Labute approximate surface area is 118 Å². The summed E-state index contributed by atoms with van der Waals surface area (Å²) in [4.78, 5) is 26.0. The van der Waals surface area contributed by atoms with Gasteiger partial charge in [0.15, 0.2) is 5.69 Å². The number of nitrogens with zero attached hydrogens (tertiary/aromatic N) is 2. The Hall–Kier alpha value is -2.05. The Kier molecular flexibility index (Phi) is 6.55. The highest BCUT2D eigenvalue weighted by atomic mass is 16.4. The normalized spacial score (nSPS) is 11.9. The van der Waals surface area contributed by atoms with E-state index in [2.05, 4.69) is 22.5 Å². The van der Waals surface area contributed by atoms with Gasteiger partial charge < -0.3 is 20.3 Å². The highest BCUT2D eigenvalue weighted by Gasteiger charge is 2.09. The zero-order valence-corrected chi connectivity index (χ0v) is 11.9. The summed E-state index contributed by atoms with van der Waals surface area (Å²) < 4.78 is 1.63. The van der Waals surface area contributed by atoms with Crippen molar-refractivity contribution in [3.63, 3.8) is 0 Å². The van der Waals surface area contributed by atoms with E-state index in [4.69, 9.17) is 5.11 Å². The summed E-state index contributed by atoms with van der Waals surface area (Å²) >= 11 is 0. The summed E-state index contributed by atoms with van der Waals surface area (Å²) in [5.41, 5.74) is 0.00319. The molecule has 0 saturated heterocycles. The molecule has 1 heterocycles. The maximum absolute atomic E-state index is 11.6. The molecule has 7 nitrogen and oxygen atoms in total. The third-order valence-corrected chi connectivity index (χ3v) is 2.97. The molecule has 0 aliphatic rings. The van der Waals surface area contributed by atoms with Crippen LogP contribution >= 0.6 is 0 Å². The van der Waals surface area contributed by atoms with Crippen LogP contribution in [0.1, 0.15) is 43.6 Å². The molecular weight excluding hydrogens is 260 g/mol. The molecule has 0 aromatic carbocycles. The molecule has 0 saturated carbocycles. The van der Waals surface area contributed by atoms with Gasteiger partial charge in [-0.25, -0.2) is 14.6 Å². The maximum Gasteiger partial charge on any atom is 0.356 e. The molecule has 1 unspecified atom stereocenters. The first-order valence-corrected chi connectivity index (χ1v) is 6.86. The number of aromatic carboxylic acids is 1. The summed E-state index contributed by atoms with van der Waals surface area (Å²) in [6.45, 7) is 5.03. The lowest BCUT2D eigenvalue weighted by Crippen LogP contribution is -2.42. The average Bonchev–Trinajstić information content (AvgIpc) is 2.87. The smallest absolute Gasteiger partial charge is 0.356 e. The van der Waals surface area contributed by atoms with Gasteiger partial charge >= 0.3 is 12.0 Å². The number of nitrogens with one attached hydrogen (secondary N) is 2. The second-order valence-electron chi connectivity index (χ2n) is 4.60. The molecule has 1 aromatic heterocycles. The van der Waals surface area contributed by atoms with E-state index in [0.717, 1.165) is 19.3 Å². The highest BCUT2D eigenvalue weighted by Crippen LogP contribution is 2.00. The monoisotopic (exact) mass is 282 g/mol. The van der Waals surface area contributed by atoms with Crippen molar-refractivity contribution in [3.8, 4) is 0 Å². The van der Waals surface area contributed by atoms with Crippen LogP contribution in [0.5, 0.6) is 0 Å². The van der Waals surface area contributed by atoms with Crippen molar-refractivity contribution in [2.45, 2.75) is 45.7 Å². The fourth-order valence-corrected chi connectivity index (χ4v) is 1.85. The third-order valence-electron chi connectivity index (χ3n) is 2.97. The molecule has 0 radical (unpaired) electrons. The molecule has 0 aliphatic carbocycles. The first-order valence-electron chi connectivity index (χ1n) is 6.86. The number of amides is 2. The zero-order chi connectivity index (χ0) is 15.0. The summed E-state index contributed by atoms with van der Waals surface area (Å²) in [5.74, 6) is -1.06. The van der Waals surface area contributed by atoms with Crippen LogP contribution in [0, 0.1) is 0 Å². The lowest BCUT2D eigenvalue weighted by Gasteiger charge is -2.16. The number of aromatic nitrogens is 2. The molecule has 0 aliphatic heterocycles. The average molecular weight is 282 g/mol. The molecular formula is C13H22N4O3. The SMILES string of the molecule is CCCC(CC)NC(=O)NCCn1cnc(C(=O)O)c1. The number of hydrogen-bond acceptors (Lipinski definition) is 3. The van der Waals surface area contributed by atoms with Gasteiger partial charge in [0.2, 0.25) is 0 Å². The summed E-state index contributed by atoms with van der Waals surface area (Å²) in [6, 6.07) is 0.00994. The molecule has 20 heavy (non-hydrogen) atoms. The van der Waals surface area contributed by atoms with Crippen molar-refractivity contribution in [1.82, 2.24) is 20.2 Å². The number of carbonyl (C=O) groups excluding carboxylic acids is 1. The Balaban J connectivity index is 2.28. The molecule has 2 amide bonds. The minimum absolute atomic E-state index is 0.00319. The lowest BCUT2D eigenvalue weighted by molar-refractivity contribution is 0.0691. The van der Waals surface area contributed by atoms with E-state index in [9.17, 15) is 9.59 Å². The van der Waals surface area contributed by atoms with E-state index in [-0.39, 0.29) is 17.8 Å². The standard InChI is InChI=1S/C13H22N4O3/c1-3-5-10(4-2)16-13(20)14-6-7-17-8-11(12(18)19)15-9-17/h8-10H,3-7H2,1-2H3,(H,18,19)(H2,14,16,20). The van der Waals surface area contributed by atoms with Crippen molar-refractivity contribution in [3.05, 3.63) is 18.2 Å². The van der Waals surface area contributed by atoms with Crippen LogP contribution in [-0.4, -0.2) is 39.2 Å². The molecule has 1 atom stereocenters. The van der Waals surface area contributed by atoms with Gasteiger partial charge in [0.05, 0.1) is 6.33 Å². The predicted octanol–water partition coefficient (Wildman–Crippen LogP) is 1.46. The molecule has 0 spiro atoms. The Morgan fingerprint density at radius 3 is 2.75 bits per heavy atom. The van der Waals surface area contributed by atoms with Gasteiger partial charge in [-0.2, -0.15) is 0 Å². The quantitative estimate of drug-likeness (QED) is 0.672. The zero-order valence-electron chi connectivity index (χ0n) is 11.9. The maximum atomic E-state index is 11.6. The van der Waals surface area contributed by atoms with Crippen LogP contribution in [0.4, 0.5) is 4.79 Å². The number of imidazole rings is 1. The number of urea groups is 1. The molecule has 3 N–H and O–H groups in total. The van der Waals surface area contributed by atoms with E-state index in [1.807, 2.05) is 6.92 Å². The number of hydrogen-bond donors (Lipinski definition) is 3. The molecule has 7 heteroatoms. The molecule has 1 rings (SSSR count). The minimum atomic E-state index is -1.06. The van der Waals surface area contributed by atoms with Gasteiger partial charge in [0, 0.05) is 25.3 Å². The fraction of sp³-hybridized carbons (Fsp3) is 0.615. The van der Waals surface area contributed by atoms with Crippen LogP contribution < -0.4 is 10.6 Å². The Morgan fingerprint density at radius 2 is 2.20 bits per heavy atom. The van der Waals surface area contributed by atoms with Crippen molar-refractivity contribution < 1.29 is 14.7 Å².